The van der Waals surface area contributed by atoms with Crippen LogP contribution in [0.4, 0.5) is 0 Å². The van der Waals surface area contributed by atoms with Crippen LogP contribution in [0.2, 0.25) is 5.02 Å². The van der Waals surface area contributed by atoms with Gasteiger partial charge in [0.1, 0.15) is 0 Å². The molecule has 0 heterocycles. The van der Waals surface area contributed by atoms with Crippen LogP contribution in [-0.2, 0) is 6.42 Å². The van der Waals surface area contributed by atoms with Gasteiger partial charge in [-0.3, -0.25) is 0 Å². The first-order valence-electron chi connectivity index (χ1n) is 5.43. The largest absolute Gasteiger partial charge is 0.402 e. The first-order chi connectivity index (χ1) is 8.15. The lowest BCUT2D eigenvalue weighted by Crippen LogP contribution is -1.98. The van der Waals surface area contributed by atoms with Crippen molar-refractivity contribution in [3.8, 4) is 11.1 Å². The molecule has 2 N–H and O–H groups in total. The van der Waals surface area contributed by atoms with E-state index in [1.165, 1.54) is 5.56 Å². The summed E-state index contributed by atoms with van der Waals surface area (Å²) in [5, 5.41) is 0.752. The van der Waals surface area contributed by atoms with Crippen molar-refractivity contribution in [3.63, 3.8) is 0 Å². The average Bonchev–Trinajstić information content (AvgIpc) is 2.29. The summed E-state index contributed by atoms with van der Waals surface area (Å²) in [4.78, 5) is 0. The van der Waals surface area contributed by atoms with E-state index in [2.05, 4.69) is 30.8 Å². The standard InChI is InChI=1S/C15H14ClN/c1-11(17)9-12-5-7-13(8-6-12)14-3-2-4-15(16)10-14/h2-8,10H,1,9,17H2. The van der Waals surface area contributed by atoms with Crippen LogP contribution >= 0.6 is 11.6 Å². The van der Waals surface area contributed by atoms with Crippen molar-refractivity contribution in [3.05, 3.63) is 71.4 Å². The third-order valence-electron chi connectivity index (χ3n) is 2.54. The lowest BCUT2D eigenvalue weighted by atomic mass is 10.0. The van der Waals surface area contributed by atoms with Gasteiger partial charge in [-0.15, -0.1) is 0 Å². The maximum atomic E-state index is 5.97. The first-order valence-corrected chi connectivity index (χ1v) is 5.81. The molecule has 0 fully saturated rings. The Morgan fingerprint density at radius 1 is 1.06 bits per heavy atom. The summed E-state index contributed by atoms with van der Waals surface area (Å²) in [7, 11) is 0. The minimum atomic E-state index is 0.681. The molecule has 0 amide bonds. The van der Waals surface area contributed by atoms with Gasteiger partial charge in [0, 0.05) is 17.1 Å². The molecule has 2 heteroatoms. The fourth-order valence-electron chi connectivity index (χ4n) is 1.75. The number of nitrogens with two attached hydrogens (primary N) is 1. The van der Waals surface area contributed by atoms with E-state index in [1.807, 2.05) is 24.3 Å². The van der Waals surface area contributed by atoms with Crippen molar-refractivity contribution in [2.45, 2.75) is 6.42 Å². The summed E-state index contributed by atoms with van der Waals surface area (Å²) in [5.41, 5.74) is 9.70. The number of hydrogen-bond donors (Lipinski definition) is 1. The van der Waals surface area contributed by atoms with Gasteiger partial charge in [-0.25, -0.2) is 0 Å². The molecule has 2 rings (SSSR count). The van der Waals surface area contributed by atoms with Gasteiger partial charge >= 0.3 is 0 Å². The van der Waals surface area contributed by atoms with E-state index in [-0.39, 0.29) is 0 Å². The molecule has 2 aromatic carbocycles. The van der Waals surface area contributed by atoms with Crippen molar-refractivity contribution in [1.29, 1.82) is 0 Å². The number of allylic oxidation sites excluding steroid dienone is 1. The maximum Gasteiger partial charge on any atom is 0.0412 e. The predicted octanol–water partition coefficient (Wildman–Crippen LogP) is 4.02. The van der Waals surface area contributed by atoms with Gasteiger partial charge in [0.2, 0.25) is 0 Å². The molecule has 2 aromatic rings. The third-order valence-corrected chi connectivity index (χ3v) is 2.78. The molecular formula is C15H14ClN. The van der Waals surface area contributed by atoms with Crippen LogP contribution in [-0.4, -0.2) is 0 Å². The van der Waals surface area contributed by atoms with Crippen LogP contribution in [0.25, 0.3) is 11.1 Å². The highest BCUT2D eigenvalue weighted by Crippen LogP contribution is 2.23. The van der Waals surface area contributed by atoms with Crippen LogP contribution in [0.15, 0.2) is 60.8 Å². The van der Waals surface area contributed by atoms with Crippen LogP contribution in [0.3, 0.4) is 0 Å². The van der Waals surface area contributed by atoms with Crippen LogP contribution in [0, 0.1) is 0 Å². The Kier molecular flexibility index (Phi) is 3.50. The van der Waals surface area contributed by atoms with Crippen LogP contribution in [0.5, 0.6) is 0 Å². The zero-order chi connectivity index (χ0) is 12.3. The Morgan fingerprint density at radius 3 is 2.35 bits per heavy atom. The Morgan fingerprint density at radius 2 is 1.76 bits per heavy atom. The number of benzene rings is 2. The summed E-state index contributed by atoms with van der Waals surface area (Å²) in [6, 6.07) is 16.1. The average molecular weight is 244 g/mol. The molecule has 0 saturated carbocycles. The lowest BCUT2D eigenvalue weighted by molar-refractivity contribution is 1.12. The molecule has 1 nitrogen and oxygen atoms in total. The monoisotopic (exact) mass is 243 g/mol. The molecule has 0 unspecified atom stereocenters. The minimum absolute atomic E-state index is 0.681. The smallest absolute Gasteiger partial charge is 0.0412 e. The predicted molar refractivity (Wildman–Crippen MR) is 73.9 cm³/mol. The fraction of sp³-hybridized carbons (Fsp3) is 0.0667. The second-order valence-electron chi connectivity index (χ2n) is 4.04. The zero-order valence-electron chi connectivity index (χ0n) is 9.49. The van der Waals surface area contributed by atoms with Gasteiger partial charge in [0.05, 0.1) is 0 Å². The molecule has 0 bridgehead atoms. The van der Waals surface area contributed by atoms with Crippen molar-refractivity contribution in [1.82, 2.24) is 0 Å². The number of hydrogen-bond acceptors (Lipinski definition) is 1. The van der Waals surface area contributed by atoms with E-state index in [9.17, 15) is 0 Å². The highest BCUT2D eigenvalue weighted by molar-refractivity contribution is 6.30. The van der Waals surface area contributed by atoms with Gasteiger partial charge in [0.15, 0.2) is 0 Å². The molecule has 0 radical (unpaired) electrons. The normalized spacial score (nSPS) is 10.2. The summed E-state index contributed by atoms with van der Waals surface area (Å²) in [6.45, 7) is 3.70. The SMILES string of the molecule is C=C(N)Cc1ccc(-c2cccc(Cl)c2)cc1. The lowest BCUT2D eigenvalue weighted by Gasteiger charge is -2.05. The molecule has 0 aromatic heterocycles. The first kappa shape index (κ1) is 11.7. The van der Waals surface area contributed by atoms with Gasteiger partial charge in [0.25, 0.3) is 0 Å². The molecule has 0 aliphatic carbocycles. The van der Waals surface area contributed by atoms with E-state index < -0.39 is 0 Å². The molecular weight excluding hydrogens is 230 g/mol. The van der Waals surface area contributed by atoms with E-state index in [1.54, 1.807) is 0 Å². The molecule has 0 atom stereocenters. The summed E-state index contributed by atoms with van der Waals surface area (Å²) in [5.74, 6) is 0. The molecule has 0 spiro atoms. The molecule has 86 valence electrons. The molecule has 17 heavy (non-hydrogen) atoms. The van der Waals surface area contributed by atoms with E-state index in [0.717, 1.165) is 22.6 Å². The molecule has 0 saturated heterocycles. The number of rotatable bonds is 3. The highest BCUT2D eigenvalue weighted by atomic mass is 35.5. The van der Waals surface area contributed by atoms with Crippen molar-refractivity contribution in [2.24, 2.45) is 5.73 Å². The summed E-state index contributed by atoms with van der Waals surface area (Å²) < 4.78 is 0. The Hall–Kier alpha value is -1.73. The van der Waals surface area contributed by atoms with E-state index in [4.69, 9.17) is 17.3 Å². The highest BCUT2D eigenvalue weighted by Gasteiger charge is 1.99. The van der Waals surface area contributed by atoms with Crippen LogP contribution < -0.4 is 5.73 Å². The second kappa shape index (κ2) is 5.07. The quantitative estimate of drug-likeness (QED) is 0.866. The fourth-order valence-corrected chi connectivity index (χ4v) is 1.94. The molecule has 0 aliphatic rings. The van der Waals surface area contributed by atoms with Gasteiger partial charge < -0.3 is 5.73 Å². The van der Waals surface area contributed by atoms with E-state index >= 15 is 0 Å². The van der Waals surface area contributed by atoms with Crippen molar-refractivity contribution < 1.29 is 0 Å². The summed E-state index contributed by atoms with van der Waals surface area (Å²) >= 11 is 5.97. The van der Waals surface area contributed by atoms with Crippen LogP contribution in [0.1, 0.15) is 5.56 Å². The topological polar surface area (TPSA) is 26.0 Å². The van der Waals surface area contributed by atoms with Gasteiger partial charge in [-0.2, -0.15) is 0 Å². The Labute approximate surface area is 107 Å². The van der Waals surface area contributed by atoms with Gasteiger partial charge in [-0.05, 0) is 28.8 Å². The third kappa shape index (κ3) is 3.11. The van der Waals surface area contributed by atoms with E-state index in [0.29, 0.717) is 5.70 Å². The minimum Gasteiger partial charge on any atom is -0.402 e. The Balaban J connectivity index is 2.26. The Bertz CT molecular complexity index is 529. The zero-order valence-corrected chi connectivity index (χ0v) is 10.2. The number of halogens is 1. The van der Waals surface area contributed by atoms with Gasteiger partial charge in [-0.1, -0.05) is 54.6 Å². The van der Waals surface area contributed by atoms with Crippen molar-refractivity contribution >= 4 is 11.6 Å². The maximum absolute atomic E-state index is 5.97. The molecule has 0 aliphatic heterocycles. The van der Waals surface area contributed by atoms with Crippen molar-refractivity contribution in [2.75, 3.05) is 0 Å². The summed E-state index contributed by atoms with van der Waals surface area (Å²) in [6.07, 6.45) is 0.718. The second-order valence-corrected chi connectivity index (χ2v) is 4.48.